The minimum Gasteiger partial charge on any atom is -0.369 e. The number of anilines is 1. The Morgan fingerprint density at radius 2 is 1.56 bits per heavy atom. The van der Waals surface area contributed by atoms with Crippen LogP contribution >= 0.6 is 36.4 Å². The average Bonchev–Trinajstić information content (AvgIpc) is 3.11. The molecule has 0 spiro atoms. The van der Waals surface area contributed by atoms with Gasteiger partial charge in [0.05, 0.1) is 11.3 Å². The van der Waals surface area contributed by atoms with E-state index < -0.39 is 0 Å². The Hall–Kier alpha value is -2.51. The quantitative estimate of drug-likeness (QED) is 0.440. The molecule has 0 bridgehead atoms. The Balaban J connectivity index is 0.00000144. The van der Waals surface area contributed by atoms with Gasteiger partial charge in [0.15, 0.2) is 0 Å². The molecule has 2 aromatic carbocycles. The summed E-state index contributed by atoms with van der Waals surface area (Å²) < 4.78 is 1.44. The molecular weight excluding hydrogens is 469 g/mol. The van der Waals surface area contributed by atoms with E-state index in [4.69, 9.17) is 11.6 Å². The first-order chi connectivity index (χ1) is 14.6. The first-order valence-electron chi connectivity index (χ1n) is 10.0. The van der Waals surface area contributed by atoms with Crippen LogP contribution in [0.25, 0.3) is 28.1 Å². The van der Waals surface area contributed by atoms with Gasteiger partial charge in [-0.2, -0.15) is 9.78 Å². The molecular formula is C23H24Cl3N5O. The smallest absolute Gasteiger partial charge is 0.282 e. The summed E-state index contributed by atoms with van der Waals surface area (Å²) in [5.41, 5.74) is 5.97. The van der Waals surface area contributed by atoms with Crippen LogP contribution in [-0.2, 0) is 0 Å². The van der Waals surface area contributed by atoms with Gasteiger partial charge in [0.2, 0.25) is 0 Å². The zero-order chi connectivity index (χ0) is 20.7. The standard InChI is InChI=1S/C23H22ClN5O.2ClH/c1-15-21(16-2-6-18(7-3-16)28-12-10-25-11-13-28)22-20(14-26-15)23(30)29(27-22)19-8-4-17(24)5-9-19;;/h2-9,14,25-26H,10-13H2,1H3;2*1H. The normalized spacial score (nSPS) is 13.5. The lowest BCUT2D eigenvalue weighted by molar-refractivity contribution is 0.589. The number of nitrogens with zero attached hydrogens (tertiary/aromatic N) is 3. The van der Waals surface area contributed by atoms with Crippen LogP contribution in [0.4, 0.5) is 5.69 Å². The van der Waals surface area contributed by atoms with Crippen molar-refractivity contribution in [3.8, 4) is 28.1 Å². The molecule has 0 unspecified atom stereocenters. The van der Waals surface area contributed by atoms with Crippen LogP contribution in [0.3, 0.4) is 0 Å². The number of halogens is 3. The van der Waals surface area contributed by atoms with Gasteiger partial charge in [0.25, 0.3) is 5.56 Å². The number of hydrogen-bond donors (Lipinski definition) is 2. The molecule has 9 heteroatoms. The minimum atomic E-state index is -0.151. The third-order valence-corrected chi connectivity index (χ3v) is 5.88. The van der Waals surface area contributed by atoms with Crippen molar-refractivity contribution in [2.45, 2.75) is 6.92 Å². The number of benzene rings is 2. The van der Waals surface area contributed by atoms with Gasteiger partial charge < -0.3 is 15.2 Å². The van der Waals surface area contributed by atoms with Gasteiger partial charge in [0.1, 0.15) is 5.69 Å². The van der Waals surface area contributed by atoms with Gasteiger partial charge >= 0.3 is 0 Å². The Kier molecular flexibility index (Phi) is 7.51. The van der Waals surface area contributed by atoms with Crippen molar-refractivity contribution in [3.63, 3.8) is 0 Å². The maximum absolute atomic E-state index is 13.0. The Morgan fingerprint density at radius 3 is 2.22 bits per heavy atom. The number of pyridine rings is 1. The van der Waals surface area contributed by atoms with Crippen LogP contribution in [0.15, 0.2) is 59.5 Å². The maximum atomic E-state index is 13.0. The highest BCUT2D eigenvalue weighted by atomic mass is 35.5. The largest absolute Gasteiger partial charge is 0.369 e. The highest BCUT2D eigenvalue weighted by molar-refractivity contribution is 6.30. The Bertz CT molecular complexity index is 1210. The van der Waals surface area contributed by atoms with Gasteiger partial charge in [-0.3, -0.25) is 4.79 Å². The average molecular weight is 493 g/mol. The summed E-state index contributed by atoms with van der Waals surface area (Å²) in [5.74, 6) is 0. The predicted octanol–water partition coefficient (Wildman–Crippen LogP) is 4.55. The van der Waals surface area contributed by atoms with Gasteiger partial charge in [-0.25, -0.2) is 0 Å². The number of aromatic nitrogens is 3. The van der Waals surface area contributed by atoms with Crippen molar-refractivity contribution in [2.75, 3.05) is 31.1 Å². The third-order valence-electron chi connectivity index (χ3n) is 5.63. The molecule has 32 heavy (non-hydrogen) atoms. The second-order valence-corrected chi connectivity index (χ2v) is 7.96. The fraction of sp³-hybridized carbons (Fsp3) is 0.217. The summed E-state index contributed by atoms with van der Waals surface area (Å²) >= 11 is 5.99. The Labute approximate surface area is 203 Å². The molecule has 3 aliphatic rings. The predicted molar refractivity (Wildman–Crippen MR) is 136 cm³/mol. The number of aromatic amines is 1. The molecule has 5 rings (SSSR count). The van der Waals surface area contributed by atoms with E-state index >= 15 is 0 Å². The van der Waals surface area contributed by atoms with Crippen molar-refractivity contribution in [2.24, 2.45) is 0 Å². The zero-order valence-electron chi connectivity index (χ0n) is 17.5. The number of hydrogen-bond acceptors (Lipinski definition) is 4. The molecule has 3 aliphatic heterocycles. The first-order valence-corrected chi connectivity index (χ1v) is 10.4. The molecule has 6 nitrogen and oxygen atoms in total. The lowest BCUT2D eigenvalue weighted by atomic mass is 9.98. The van der Waals surface area contributed by atoms with Crippen LogP contribution in [-0.4, -0.2) is 40.9 Å². The molecule has 2 N–H and O–H groups in total. The van der Waals surface area contributed by atoms with Gasteiger partial charge in [-0.05, 0) is 48.9 Å². The molecule has 0 saturated carbocycles. The second-order valence-electron chi connectivity index (χ2n) is 7.53. The van der Waals surface area contributed by atoms with Crippen LogP contribution in [0, 0.1) is 6.92 Å². The molecule has 168 valence electrons. The highest BCUT2D eigenvalue weighted by Crippen LogP contribution is 2.33. The topological polar surface area (TPSA) is 66.0 Å². The summed E-state index contributed by atoms with van der Waals surface area (Å²) in [6, 6.07) is 15.6. The molecule has 1 saturated heterocycles. The molecule has 3 heterocycles. The monoisotopic (exact) mass is 491 g/mol. The first kappa shape index (κ1) is 24.1. The SMILES string of the molecule is Cc1[nH]cc2c(=O)n(-c3ccc(Cl)cc3)nc-2c1-c1ccc(N2CCNCC2)cc1.Cl.Cl. The van der Waals surface area contributed by atoms with E-state index in [0.29, 0.717) is 22.0 Å². The molecule has 0 atom stereocenters. The number of aryl methyl sites for hydroxylation is 1. The third kappa shape index (κ3) is 4.36. The van der Waals surface area contributed by atoms with Gasteiger partial charge in [-0.1, -0.05) is 23.7 Å². The van der Waals surface area contributed by atoms with E-state index in [1.165, 1.54) is 10.4 Å². The van der Waals surface area contributed by atoms with Gasteiger partial charge in [0, 0.05) is 54.3 Å². The van der Waals surface area contributed by atoms with Crippen molar-refractivity contribution in [3.05, 3.63) is 75.8 Å². The van der Waals surface area contributed by atoms with Crippen molar-refractivity contribution < 1.29 is 0 Å². The molecule has 0 radical (unpaired) electrons. The fourth-order valence-corrected chi connectivity index (χ4v) is 4.16. The van der Waals surface area contributed by atoms with Crippen LogP contribution < -0.4 is 15.8 Å². The van der Waals surface area contributed by atoms with E-state index in [1.807, 2.05) is 6.92 Å². The lowest BCUT2D eigenvalue weighted by Crippen LogP contribution is -2.43. The van der Waals surface area contributed by atoms with E-state index in [1.54, 1.807) is 30.5 Å². The van der Waals surface area contributed by atoms with E-state index in [9.17, 15) is 4.79 Å². The van der Waals surface area contributed by atoms with Crippen LogP contribution in [0.5, 0.6) is 0 Å². The second kappa shape index (κ2) is 9.96. The number of H-pyrrole nitrogens is 1. The van der Waals surface area contributed by atoms with Gasteiger partial charge in [-0.15, -0.1) is 24.8 Å². The zero-order valence-corrected chi connectivity index (χ0v) is 19.9. The molecule has 0 aromatic heterocycles. The summed E-state index contributed by atoms with van der Waals surface area (Å²) in [6.07, 6.45) is 1.74. The number of fused-ring (bicyclic) bond motifs is 1. The van der Waals surface area contributed by atoms with Crippen molar-refractivity contribution >= 4 is 42.1 Å². The van der Waals surface area contributed by atoms with E-state index in [2.05, 4.69) is 44.6 Å². The van der Waals surface area contributed by atoms with Crippen molar-refractivity contribution in [1.82, 2.24) is 20.1 Å². The fourth-order valence-electron chi connectivity index (χ4n) is 4.03. The van der Waals surface area contributed by atoms with E-state index in [-0.39, 0.29) is 30.4 Å². The summed E-state index contributed by atoms with van der Waals surface area (Å²) in [5, 5.41) is 8.69. The molecule has 1 fully saturated rings. The molecule has 0 aliphatic carbocycles. The maximum Gasteiger partial charge on any atom is 0.282 e. The minimum absolute atomic E-state index is 0. The van der Waals surface area contributed by atoms with E-state index in [0.717, 1.165) is 43.0 Å². The molecule has 0 amide bonds. The highest BCUT2D eigenvalue weighted by Gasteiger charge is 2.22. The number of piperazine rings is 1. The number of nitrogens with one attached hydrogen (secondary N) is 2. The summed E-state index contributed by atoms with van der Waals surface area (Å²) in [7, 11) is 0. The van der Waals surface area contributed by atoms with Crippen LogP contribution in [0.2, 0.25) is 5.02 Å². The van der Waals surface area contributed by atoms with Crippen molar-refractivity contribution in [1.29, 1.82) is 0 Å². The summed E-state index contributed by atoms with van der Waals surface area (Å²) in [4.78, 5) is 18.6. The lowest BCUT2D eigenvalue weighted by Gasteiger charge is -2.29. The Morgan fingerprint density at radius 1 is 0.938 bits per heavy atom. The van der Waals surface area contributed by atoms with Crippen LogP contribution in [0.1, 0.15) is 5.69 Å². The molecule has 2 aromatic rings. The number of rotatable bonds is 3. The summed E-state index contributed by atoms with van der Waals surface area (Å²) in [6.45, 7) is 6.03.